The highest BCUT2D eigenvalue weighted by molar-refractivity contribution is 6.00. The molecule has 0 aliphatic carbocycles. The Morgan fingerprint density at radius 2 is 2.12 bits per heavy atom. The Morgan fingerprint density at radius 1 is 1.44 bits per heavy atom. The van der Waals surface area contributed by atoms with Gasteiger partial charge in [0.2, 0.25) is 0 Å². The number of benzene rings is 1. The van der Waals surface area contributed by atoms with Gasteiger partial charge in [-0.15, -0.1) is 0 Å². The Kier molecular flexibility index (Phi) is 2.64. The van der Waals surface area contributed by atoms with Crippen molar-refractivity contribution in [3.63, 3.8) is 0 Å². The van der Waals surface area contributed by atoms with Gasteiger partial charge in [-0.2, -0.15) is 0 Å². The number of rotatable bonds is 2. The van der Waals surface area contributed by atoms with Crippen LogP contribution in [0.15, 0.2) is 24.3 Å². The fraction of sp³-hybridized carbons (Fsp3) is 0.333. The fourth-order valence-electron chi connectivity index (χ4n) is 1.89. The topological polar surface area (TPSA) is 46.6 Å². The average Bonchev–Trinajstić information content (AvgIpc) is 2.65. The predicted octanol–water partition coefficient (Wildman–Crippen LogP) is 1.20. The van der Waals surface area contributed by atoms with Gasteiger partial charge in [0.1, 0.15) is 6.04 Å². The molecule has 4 nitrogen and oxygen atoms in total. The quantitative estimate of drug-likeness (QED) is 0.702. The van der Waals surface area contributed by atoms with Crippen molar-refractivity contribution in [1.29, 1.82) is 0 Å². The zero-order chi connectivity index (χ0) is 11.7. The van der Waals surface area contributed by atoms with Crippen molar-refractivity contribution in [2.24, 2.45) is 0 Å². The Balaban J connectivity index is 2.25. The number of amides is 1. The van der Waals surface area contributed by atoms with E-state index in [-0.39, 0.29) is 11.9 Å². The van der Waals surface area contributed by atoms with Crippen molar-refractivity contribution in [3.05, 3.63) is 35.4 Å². The number of hydrogen-bond donors (Lipinski definition) is 0. The number of esters is 1. The molecular weight excluding hydrogens is 206 g/mol. The van der Waals surface area contributed by atoms with Crippen molar-refractivity contribution in [3.8, 4) is 0 Å². The Labute approximate surface area is 93.8 Å². The Bertz CT molecular complexity index is 442. The zero-order valence-electron chi connectivity index (χ0n) is 9.27. The minimum absolute atomic E-state index is 0.103. The van der Waals surface area contributed by atoms with Crippen molar-refractivity contribution in [1.82, 2.24) is 4.90 Å². The molecule has 0 bridgehead atoms. The van der Waals surface area contributed by atoms with Crippen LogP contribution in [0, 0.1) is 0 Å². The highest BCUT2D eigenvalue weighted by Gasteiger charge is 2.33. The number of nitrogens with zero attached hydrogens (tertiary/aromatic N) is 1. The molecule has 16 heavy (non-hydrogen) atoms. The zero-order valence-corrected chi connectivity index (χ0v) is 9.27. The van der Waals surface area contributed by atoms with Gasteiger partial charge in [-0.3, -0.25) is 4.79 Å². The first-order chi connectivity index (χ1) is 7.65. The summed E-state index contributed by atoms with van der Waals surface area (Å²) in [5.41, 5.74) is 1.64. The maximum Gasteiger partial charge on any atom is 0.328 e. The molecule has 0 N–H and O–H groups in total. The van der Waals surface area contributed by atoms with Gasteiger partial charge in [0, 0.05) is 12.1 Å². The smallest absolute Gasteiger partial charge is 0.328 e. The third-order valence-electron chi connectivity index (χ3n) is 2.86. The lowest BCUT2D eigenvalue weighted by Crippen LogP contribution is -2.39. The van der Waals surface area contributed by atoms with Gasteiger partial charge in [0.15, 0.2) is 0 Å². The third kappa shape index (κ3) is 1.56. The summed E-state index contributed by atoms with van der Waals surface area (Å²) in [5.74, 6) is -0.491. The molecule has 2 rings (SSSR count). The van der Waals surface area contributed by atoms with Crippen LogP contribution in [0.3, 0.4) is 0 Å². The molecule has 1 aromatic carbocycles. The molecule has 0 fully saturated rings. The molecule has 1 atom stereocenters. The average molecular weight is 219 g/mol. The van der Waals surface area contributed by atoms with Gasteiger partial charge >= 0.3 is 5.97 Å². The summed E-state index contributed by atoms with van der Waals surface area (Å²) in [6.45, 7) is 2.15. The van der Waals surface area contributed by atoms with Crippen LogP contribution in [-0.4, -0.2) is 29.9 Å². The number of hydrogen-bond acceptors (Lipinski definition) is 3. The Hall–Kier alpha value is -1.84. The summed E-state index contributed by atoms with van der Waals surface area (Å²) in [6, 6.07) is 6.85. The van der Waals surface area contributed by atoms with Crippen LogP contribution >= 0.6 is 0 Å². The second-order valence-corrected chi connectivity index (χ2v) is 3.79. The van der Waals surface area contributed by atoms with E-state index in [9.17, 15) is 9.59 Å². The van der Waals surface area contributed by atoms with Crippen LogP contribution in [0.4, 0.5) is 0 Å². The molecule has 1 aliphatic heterocycles. The van der Waals surface area contributed by atoms with Crippen LogP contribution in [-0.2, 0) is 16.1 Å². The lowest BCUT2D eigenvalue weighted by atomic mass is 10.1. The largest absolute Gasteiger partial charge is 0.467 e. The van der Waals surface area contributed by atoms with Gasteiger partial charge in [-0.25, -0.2) is 4.79 Å². The first-order valence-corrected chi connectivity index (χ1v) is 5.12. The van der Waals surface area contributed by atoms with E-state index in [1.54, 1.807) is 13.0 Å². The third-order valence-corrected chi connectivity index (χ3v) is 2.86. The molecule has 0 spiro atoms. The van der Waals surface area contributed by atoms with E-state index >= 15 is 0 Å². The van der Waals surface area contributed by atoms with Crippen LogP contribution < -0.4 is 0 Å². The van der Waals surface area contributed by atoms with E-state index in [0.717, 1.165) is 5.56 Å². The summed E-state index contributed by atoms with van der Waals surface area (Å²) in [5, 5.41) is 0. The van der Waals surface area contributed by atoms with Crippen LogP contribution in [0.5, 0.6) is 0 Å². The molecule has 84 valence electrons. The van der Waals surface area contributed by atoms with Crippen molar-refractivity contribution in [2.75, 3.05) is 7.11 Å². The van der Waals surface area contributed by atoms with Gasteiger partial charge in [-0.05, 0) is 18.6 Å². The number of ether oxygens (including phenoxy) is 1. The molecule has 0 radical (unpaired) electrons. The number of carbonyl (C=O) groups excluding carboxylic acids is 2. The van der Waals surface area contributed by atoms with Gasteiger partial charge in [0.25, 0.3) is 5.91 Å². The van der Waals surface area contributed by atoms with Gasteiger partial charge in [-0.1, -0.05) is 18.2 Å². The van der Waals surface area contributed by atoms with E-state index in [1.807, 2.05) is 18.2 Å². The normalized spacial score (nSPS) is 15.9. The second-order valence-electron chi connectivity index (χ2n) is 3.79. The van der Waals surface area contributed by atoms with Crippen molar-refractivity contribution < 1.29 is 14.3 Å². The standard InChI is InChI=1S/C12H13NO3/c1-8(12(15)16-2)13-7-9-5-3-4-6-10(9)11(13)14/h3-6,8H,7H2,1-2H3/t8-/m1/s1. The minimum Gasteiger partial charge on any atom is -0.467 e. The maximum absolute atomic E-state index is 12.0. The van der Waals surface area contributed by atoms with Gasteiger partial charge < -0.3 is 9.64 Å². The molecule has 0 unspecified atom stereocenters. The number of carbonyl (C=O) groups is 2. The van der Waals surface area contributed by atoms with Gasteiger partial charge in [0.05, 0.1) is 7.11 Å². The molecule has 4 heteroatoms. The molecule has 1 amide bonds. The lowest BCUT2D eigenvalue weighted by Gasteiger charge is -2.21. The molecule has 1 heterocycles. The molecule has 1 aliphatic rings. The lowest BCUT2D eigenvalue weighted by molar-refractivity contribution is -0.145. The summed E-state index contributed by atoms with van der Waals surface area (Å²) >= 11 is 0. The highest BCUT2D eigenvalue weighted by atomic mass is 16.5. The highest BCUT2D eigenvalue weighted by Crippen LogP contribution is 2.24. The second kappa shape index (κ2) is 3.96. The molecule has 0 aromatic heterocycles. The first kappa shape index (κ1) is 10.7. The minimum atomic E-state index is -0.537. The molecule has 0 saturated heterocycles. The molecule has 0 saturated carbocycles. The summed E-state index contributed by atoms with van der Waals surface area (Å²) < 4.78 is 4.64. The first-order valence-electron chi connectivity index (χ1n) is 5.12. The summed E-state index contributed by atoms with van der Waals surface area (Å²) in [4.78, 5) is 24.9. The van der Waals surface area contributed by atoms with Crippen molar-refractivity contribution in [2.45, 2.75) is 19.5 Å². The predicted molar refractivity (Wildman–Crippen MR) is 57.8 cm³/mol. The summed E-state index contributed by atoms with van der Waals surface area (Å²) in [7, 11) is 1.33. The summed E-state index contributed by atoms with van der Waals surface area (Å²) in [6.07, 6.45) is 0. The number of fused-ring (bicyclic) bond motifs is 1. The Morgan fingerprint density at radius 3 is 2.75 bits per heavy atom. The van der Waals surface area contributed by atoms with Crippen molar-refractivity contribution >= 4 is 11.9 Å². The molecular formula is C12H13NO3. The monoisotopic (exact) mass is 219 g/mol. The van der Waals surface area contributed by atoms with E-state index in [1.165, 1.54) is 12.0 Å². The fourth-order valence-corrected chi connectivity index (χ4v) is 1.89. The van der Waals surface area contributed by atoms with Crippen LogP contribution in [0.25, 0.3) is 0 Å². The maximum atomic E-state index is 12.0. The van der Waals surface area contributed by atoms with E-state index in [0.29, 0.717) is 12.1 Å². The van der Waals surface area contributed by atoms with E-state index in [4.69, 9.17) is 0 Å². The van der Waals surface area contributed by atoms with E-state index < -0.39 is 6.04 Å². The van der Waals surface area contributed by atoms with Crippen LogP contribution in [0.2, 0.25) is 0 Å². The SMILES string of the molecule is COC(=O)[C@@H](C)N1Cc2ccccc2C1=O. The van der Waals surface area contributed by atoms with E-state index in [2.05, 4.69) is 4.74 Å². The van der Waals surface area contributed by atoms with Crippen LogP contribution in [0.1, 0.15) is 22.8 Å². The number of methoxy groups -OCH3 is 1. The molecule has 1 aromatic rings.